The van der Waals surface area contributed by atoms with Crippen molar-refractivity contribution < 1.29 is 19.0 Å². The van der Waals surface area contributed by atoms with Gasteiger partial charge in [-0.2, -0.15) is 0 Å². The zero-order valence-electron chi connectivity index (χ0n) is 18.7. The molecule has 0 spiro atoms. The van der Waals surface area contributed by atoms with E-state index >= 15 is 0 Å². The summed E-state index contributed by atoms with van der Waals surface area (Å²) >= 11 is 0. The van der Waals surface area contributed by atoms with Crippen LogP contribution < -0.4 is 10.1 Å². The van der Waals surface area contributed by atoms with Crippen LogP contribution in [0.2, 0.25) is 0 Å². The molecule has 2 aromatic heterocycles. The minimum atomic E-state index is -0.308. The molecule has 1 aliphatic heterocycles. The molecule has 3 heterocycles. The summed E-state index contributed by atoms with van der Waals surface area (Å²) in [6.45, 7) is 3.30. The molecule has 170 valence electrons. The normalized spacial score (nSPS) is 15.6. The third-order valence-electron chi connectivity index (χ3n) is 6.23. The molecule has 5 rings (SSSR count). The molecule has 4 aromatic rings. The van der Waals surface area contributed by atoms with Gasteiger partial charge >= 0.3 is 0 Å². The van der Waals surface area contributed by atoms with Gasteiger partial charge in [0.15, 0.2) is 5.65 Å². The Kier molecular flexibility index (Phi) is 5.70. The lowest BCUT2D eigenvalue weighted by molar-refractivity contribution is -0.114. The second-order valence-corrected chi connectivity index (χ2v) is 8.28. The van der Waals surface area contributed by atoms with E-state index in [0.29, 0.717) is 31.2 Å². The monoisotopic (exact) mass is 446 g/mol. The summed E-state index contributed by atoms with van der Waals surface area (Å²) in [5, 5.41) is 11.9. The molecular formula is C25H26N4O4. The molecule has 1 saturated heterocycles. The number of nitrogens with zero attached hydrogens (tertiary/aromatic N) is 3. The zero-order chi connectivity index (χ0) is 22.8. The molecule has 0 bridgehead atoms. The Labute approximate surface area is 191 Å². The molecule has 0 radical (unpaired) electrons. The highest BCUT2D eigenvalue weighted by molar-refractivity contribution is 6.02. The van der Waals surface area contributed by atoms with Gasteiger partial charge in [0.25, 0.3) is 0 Å². The van der Waals surface area contributed by atoms with Crippen molar-refractivity contribution in [3.8, 4) is 5.75 Å². The van der Waals surface area contributed by atoms with Crippen LogP contribution in [0.25, 0.3) is 16.6 Å². The summed E-state index contributed by atoms with van der Waals surface area (Å²) in [4.78, 5) is 11.6. The van der Waals surface area contributed by atoms with Crippen molar-refractivity contribution in [1.29, 1.82) is 0 Å². The van der Waals surface area contributed by atoms with Crippen LogP contribution in [-0.2, 0) is 26.5 Å². The van der Waals surface area contributed by atoms with Crippen LogP contribution in [0.15, 0.2) is 54.9 Å². The van der Waals surface area contributed by atoms with Crippen molar-refractivity contribution in [3.05, 3.63) is 66.0 Å². The Bertz CT molecular complexity index is 1310. The average Bonchev–Trinajstić information content (AvgIpc) is 3.32. The number of hydrogen-bond donors (Lipinski definition) is 1. The molecule has 33 heavy (non-hydrogen) atoms. The summed E-state index contributed by atoms with van der Waals surface area (Å²) in [5.41, 5.74) is 4.11. The van der Waals surface area contributed by atoms with E-state index in [1.54, 1.807) is 13.4 Å². The lowest BCUT2D eigenvalue weighted by Gasteiger charge is -2.36. The molecule has 2 aromatic carbocycles. The summed E-state index contributed by atoms with van der Waals surface area (Å²) in [6.07, 6.45) is 3.33. The predicted molar refractivity (Wildman–Crippen MR) is 124 cm³/mol. The number of carbonyl (C=O) groups is 1. The van der Waals surface area contributed by atoms with Crippen molar-refractivity contribution in [2.24, 2.45) is 0 Å². The molecule has 0 aliphatic carbocycles. The van der Waals surface area contributed by atoms with E-state index in [9.17, 15) is 4.79 Å². The number of carbonyl (C=O) groups excluding carboxylic acids is 1. The van der Waals surface area contributed by atoms with E-state index in [1.165, 1.54) is 6.92 Å². The van der Waals surface area contributed by atoms with Gasteiger partial charge in [0, 0.05) is 57.6 Å². The highest BCUT2D eigenvalue weighted by atomic mass is 16.5. The number of ether oxygens (including phenoxy) is 3. The van der Waals surface area contributed by atoms with Crippen molar-refractivity contribution >= 4 is 28.1 Å². The number of pyridine rings is 1. The number of fused-ring (bicyclic) bond motifs is 3. The minimum Gasteiger partial charge on any atom is -0.489 e. The molecule has 1 N–H and O–H groups in total. The molecule has 0 unspecified atom stereocenters. The fourth-order valence-corrected chi connectivity index (χ4v) is 4.48. The van der Waals surface area contributed by atoms with Gasteiger partial charge in [-0.05, 0) is 29.3 Å². The van der Waals surface area contributed by atoms with Crippen LogP contribution in [-0.4, -0.2) is 40.8 Å². The van der Waals surface area contributed by atoms with Crippen molar-refractivity contribution in [2.75, 3.05) is 25.6 Å². The Morgan fingerprint density at radius 2 is 2.03 bits per heavy atom. The highest BCUT2D eigenvalue weighted by Crippen LogP contribution is 2.36. The number of methoxy groups -OCH3 is 1. The van der Waals surface area contributed by atoms with Crippen LogP contribution >= 0.6 is 0 Å². The standard InChI is InChI=1S/C25H26N4O4/c1-17(30)27-22-14-24-28-26-16-29(24)23-13-20(6-7-21(22)23)33-15-18-4-3-5-19(12-18)25(31-2)8-10-32-11-9-25/h3-7,12-14,16H,8-11,15H2,1-2H3,(H,27,30). The second kappa shape index (κ2) is 8.80. The lowest BCUT2D eigenvalue weighted by atomic mass is 9.85. The maximum atomic E-state index is 11.6. The lowest BCUT2D eigenvalue weighted by Crippen LogP contribution is -2.35. The molecule has 8 nitrogen and oxygen atoms in total. The minimum absolute atomic E-state index is 0.140. The third kappa shape index (κ3) is 4.15. The number of aromatic nitrogens is 3. The first-order chi connectivity index (χ1) is 16.1. The molecule has 0 saturated carbocycles. The molecule has 0 atom stereocenters. The second-order valence-electron chi connectivity index (χ2n) is 8.28. The van der Waals surface area contributed by atoms with Crippen molar-refractivity contribution in [1.82, 2.24) is 14.6 Å². The van der Waals surface area contributed by atoms with E-state index in [4.69, 9.17) is 14.2 Å². The number of rotatable bonds is 6. The van der Waals surface area contributed by atoms with Crippen LogP contribution in [0.4, 0.5) is 5.69 Å². The van der Waals surface area contributed by atoms with E-state index in [0.717, 1.165) is 40.6 Å². The van der Waals surface area contributed by atoms with Gasteiger partial charge < -0.3 is 19.5 Å². The number of nitrogens with one attached hydrogen (secondary N) is 1. The van der Waals surface area contributed by atoms with Crippen LogP contribution in [0.3, 0.4) is 0 Å². The number of benzene rings is 2. The first-order valence-electron chi connectivity index (χ1n) is 11.0. The number of anilines is 1. The number of hydrogen-bond acceptors (Lipinski definition) is 6. The fraction of sp³-hybridized carbons (Fsp3) is 0.320. The van der Waals surface area contributed by atoms with Gasteiger partial charge in [0.05, 0.1) is 16.8 Å². The topological polar surface area (TPSA) is 87.0 Å². The fourth-order valence-electron chi connectivity index (χ4n) is 4.48. The Balaban J connectivity index is 1.42. The quantitative estimate of drug-likeness (QED) is 0.480. The highest BCUT2D eigenvalue weighted by Gasteiger charge is 2.34. The third-order valence-corrected chi connectivity index (χ3v) is 6.23. The zero-order valence-corrected chi connectivity index (χ0v) is 18.7. The van der Waals surface area contributed by atoms with Gasteiger partial charge in [-0.1, -0.05) is 18.2 Å². The summed E-state index contributed by atoms with van der Waals surface area (Å²) < 4.78 is 19.5. The van der Waals surface area contributed by atoms with Gasteiger partial charge in [-0.3, -0.25) is 9.20 Å². The maximum absolute atomic E-state index is 11.6. The SMILES string of the molecule is COC1(c2cccc(COc3ccc4c(NC(C)=O)cc5nncn5c4c3)c2)CCOCC1. The first-order valence-corrected chi connectivity index (χ1v) is 11.0. The van der Waals surface area contributed by atoms with Gasteiger partial charge in [-0.25, -0.2) is 0 Å². The van der Waals surface area contributed by atoms with Gasteiger partial charge in [0.1, 0.15) is 18.7 Å². The van der Waals surface area contributed by atoms with E-state index in [2.05, 4.69) is 33.7 Å². The summed E-state index contributed by atoms with van der Waals surface area (Å²) in [6, 6.07) is 16.0. The number of amides is 1. The predicted octanol–water partition coefficient (Wildman–Crippen LogP) is 4.07. The molecule has 1 aliphatic rings. The summed E-state index contributed by atoms with van der Waals surface area (Å²) in [7, 11) is 1.77. The van der Waals surface area contributed by atoms with E-state index in [1.807, 2.05) is 34.7 Å². The Morgan fingerprint density at radius 1 is 1.18 bits per heavy atom. The van der Waals surface area contributed by atoms with Crippen molar-refractivity contribution in [3.63, 3.8) is 0 Å². The van der Waals surface area contributed by atoms with Crippen molar-refractivity contribution in [2.45, 2.75) is 32.0 Å². The van der Waals surface area contributed by atoms with Gasteiger partial charge in [0.2, 0.25) is 5.91 Å². The smallest absolute Gasteiger partial charge is 0.221 e. The molecule has 1 fully saturated rings. The van der Waals surface area contributed by atoms with Gasteiger partial charge in [-0.15, -0.1) is 10.2 Å². The maximum Gasteiger partial charge on any atom is 0.221 e. The van der Waals surface area contributed by atoms with E-state index < -0.39 is 0 Å². The van der Waals surface area contributed by atoms with Crippen LogP contribution in [0.1, 0.15) is 30.9 Å². The average molecular weight is 447 g/mol. The molecule has 8 heteroatoms. The Hall–Kier alpha value is -3.49. The van der Waals surface area contributed by atoms with Crippen LogP contribution in [0.5, 0.6) is 5.75 Å². The molecule has 1 amide bonds. The van der Waals surface area contributed by atoms with Crippen LogP contribution in [0, 0.1) is 0 Å². The first kappa shape index (κ1) is 21.4. The molecular weight excluding hydrogens is 420 g/mol. The largest absolute Gasteiger partial charge is 0.489 e. The van der Waals surface area contributed by atoms with E-state index in [-0.39, 0.29) is 11.5 Å². The summed E-state index contributed by atoms with van der Waals surface area (Å²) in [5.74, 6) is 0.578. The Morgan fingerprint density at radius 3 is 2.82 bits per heavy atom.